The second-order valence-electron chi connectivity index (χ2n) is 9.32. The minimum Gasteiger partial charge on any atom is -0.482 e. The fourth-order valence-corrected chi connectivity index (χ4v) is 3.79. The van der Waals surface area contributed by atoms with E-state index in [9.17, 15) is 29.7 Å². The maximum Gasteiger partial charge on any atom is 0.376 e. The van der Waals surface area contributed by atoms with Gasteiger partial charge >= 0.3 is 11.9 Å². The highest BCUT2D eigenvalue weighted by Gasteiger charge is 2.53. The molecule has 198 valence electrons. The highest BCUT2D eigenvalue weighted by Crippen LogP contribution is 2.43. The van der Waals surface area contributed by atoms with Gasteiger partial charge in [0.2, 0.25) is 5.76 Å². The second kappa shape index (κ2) is 11.8. The van der Waals surface area contributed by atoms with Crippen molar-refractivity contribution in [2.75, 3.05) is 13.2 Å². The third kappa shape index (κ3) is 7.37. The molecule has 13 nitrogen and oxygen atoms in total. The number of nitrogens with two attached hydrogens (primary N) is 3. The number of aliphatic hydroxyl groups excluding tert-OH is 3. The number of Topliss-reactive ketones (excluding diaryl/α,β-unsaturated/α-hetero) is 1. The summed E-state index contributed by atoms with van der Waals surface area (Å²) in [6.45, 7) is 3.49. The molecule has 13 heteroatoms. The number of esters is 2. The zero-order valence-corrected chi connectivity index (χ0v) is 20.1. The Morgan fingerprint density at radius 1 is 1.20 bits per heavy atom. The van der Waals surface area contributed by atoms with Gasteiger partial charge in [-0.25, -0.2) is 9.79 Å². The predicted octanol–water partition coefficient (Wildman–Crippen LogP) is -1.97. The van der Waals surface area contributed by atoms with Crippen molar-refractivity contribution in [1.82, 2.24) is 0 Å². The third-order valence-electron chi connectivity index (χ3n) is 6.00. The van der Waals surface area contributed by atoms with Gasteiger partial charge in [0.05, 0.1) is 25.4 Å². The number of hydrogen-bond acceptors (Lipinski definition) is 11. The number of aliphatic imine (C=N–C) groups is 1. The van der Waals surface area contributed by atoms with Crippen LogP contribution < -0.4 is 17.2 Å². The Morgan fingerprint density at radius 2 is 1.83 bits per heavy atom. The number of nitrogens with zero attached hydrogens (tertiary/aromatic N) is 1. The number of carbonyl (C=O) groups excluding carboxylic acids is 3. The van der Waals surface area contributed by atoms with Gasteiger partial charge in [0.15, 0.2) is 5.96 Å². The zero-order chi connectivity index (χ0) is 26.5. The van der Waals surface area contributed by atoms with Crippen molar-refractivity contribution in [2.24, 2.45) is 39.9 Å². The number of ketones is 1. The molecule has 1 aliphatic heterocycles. The maximum absolute atomic E-state index is 13.0. The monoisotopic (exact) mass is 500 g/mol. The SMILES string of the molecule is CC(=O)C[C@H]1[C@H]([C@@H](CO)[C@H](O)CO)OC(C(=O)OC2(OC(=O)[C@@H](N)C(C)C)CC2)=C[C@@H]1N=C(N)N. The summed E-state index contributed by atoms with van der Waals surface area (Å²) in [5, 5.41) is 29.6. The molecule has 1 aliphatic carbocycles. The van der Waals surface area contributed by atoms with Gasteiger partial charge < -0.3 is 51.5 Å². The van der Waals surface area contributed by atoms with E-state index in [1.807, 2.05) is 0 Å². The first-order valence-electron chi connectivity index (χ1n) is 11.4. The van der Waals surface area contributed by atoms with Crippen molar-refractivity contribution in [2.45, 2.75) is 70.1 Å². The third-order valence-corrected chi connectivity index (χ3v) is 6.00. The van der Waals surface area contributed by atoms with E-state index in [0.29, 0.717) is 0 Å². The summed E-state index contributed by atoms with van der Waals surface area (Å²) in [6, 6.07) is -1.85. The largest absolute Gasteiger partial charge is 0.482 e. The first-order valence-corrected chi connectivity index (χ1v) is 11.4. The molecular formula is C22H36N4O9. The Morgan fingerprint density at radius 3 is 2.29 bits per heavy atom. The Balaban J connectivity index is 2.35. The average molecular weight is 501 g/mol. The Labute approximate surface area is 203 Å². The number of ether oxygens (including phenoxy) is 3. The number of hydrogen-bond donors (Lipinski definition) is 6. The molecule has 0 spiro atoms. The van der Waals surface area contributed by atoms with Gasteiger partial charge in [-0.05, 0) is 18.9 Å². The highest BCUT2D eigenvalue weighted by molar-refractivity contribution is 5.88. The fraction of sp³-hybridized carbons (Fsp3) is 0.727. The molecule has 1 saturated carbocycles. The molecule has 0 aromatic carbocycles. The van der Waals surface area contributed by atoms with Crippen LogP contribution in [-0.4, -0.2) is 82.3 Å². The van der Waals surface area contributed by atoms with Gasteiger partial charge in [-0.1, -0.05) is 13.8 Å². The van der Waals surface area contributed by atoms with Crippen molar-refractivity contribution in [3.05, 3.63) is 11.8 Å². The fourth-order valence-electron chi connectivity index (χ4n) is 3.79. The summed E-state index contributed by atoms with van der Waals surface area (Å²) >= 11 is 0. The molecule has 0 saturated heterocycles. The van der Waals surface area contributed by atoms with E-state index >= 15 is 0 Å². The number of guanidine groups is 1. The number of aliphatic hydroxyl groups is 3. The standard InChI is InChI=1S/C22H36N4O9/c1-10(2)17(23)20(32)35-22(4-5-22)34-19(31)16-7-14(26-21(24)25)12(6-11(3)29)18(33-16)13(8-27)15(30)9-28/h7,10,12-15,17-18,27-28,30H,4-6,8-9,23H2,1-3H3,(H4,24,25,26)/t12-,13+,14+,15-,17+,18-/m1/s1. The molecule has 0 amide bonds. The highest BCUT2D eigenvalue weighted by atomic mass is 16.7. The lowest BCUT2D eigenvalue weighted by Gasteiger charge is -2.40. The summed E-state index contributed by atoms with van der Waals surface area (Å²) in [5.41, 5.74) is 16.9. The summed E-state index contributed by atoms with van der Waals surface area (Å²) < 4.78 is 16.6. The lowest BCUT2D eigenvalue weighted by atomic mass is 9.79. The van der Waals surface area contributed by atoms with E-state index in [-0.39, 0.29) is 42.7 Å². The van der Waals surface area contributed by atoms with Crippen LogP contribution in [0.25, 0.3) is 0 Å². The Bertz CT molecular complexity index is 852. The van der Waals surface area contributed by atoms with Crippen LogP contribution in [0.3, 0.4) is 0 Å². The summed E-state index contributed by atoms with van der Waals surface area (Å²) in [4.78, 5) is 41.3. The van der Waals surface area contributed by atoms with Crippen molar-refractivity contribution in [3.63, 3.8) is 0 Å². The van der Waals surface area contributed by atoms with E-state index < -0.39 is 67.1 Å². The van der Waals surface area contributed by atoms with Gasteiger partial charge in [-0.3, -0.25) is 4.79 Å². The maximum atomic E-state index is 13.0. The predicted molar refractivity (Wildman–Crippen MR) is 122 cm³/mol. The minimum atomic E-state index is -1.48. The van der Waals surface area contributed by atoms with Gasteiger partial charge in [0, 0.05) is 31.1 Å². The molecule has 2 rings (SSSR count). The molecule has 0 aromatic rings. The molecule has 2 aliphatic rings. The van der Waals surface area contributed by atoms with Crippen LogP contribution >= 0.6 is 0 Å². The van der Waals surface area contributed by atoms with E-state index in [4.69, 9.17) is 31.4 Å². The van der Waals surface area contributed by atoms with Gasteiger partial charge in [0.25, 0.3) is 5.79 Å². The quantitative estimate of drug-likeness (QED) is 0.0741. The smallest absolute Gasteiger partial charge is 0.376 e. The van der Waals surface area contributed by atoms with Crippen LogP contribution in [-0.2, 0) is 28.6 Å². The van der Waals surface area contributed by atoms with Crippen molar-refractivity contribution in [3.8, 4) is 0 Å². The Kier molecular flexibility index (Phi) is 9.60. The van der Waals surface area contributed by atoms with Crippen LogP contribution in [0, 0.1) is 17.8 Å². The van der Waals surface area contributed by atoms with Gasteiger partial charge in [-0.15, -0.1) is 0 Å². The molecule has 35 heavy (non-hydrogen) atoms. The first kappa shape index (κ1) is 28.5. The van der Waals surface area contributed by atoms with Crippen molar-refractivity contribution >= 4 is 23.7 Å². The molecule has 0 bridgehead atoms. The van der Waals surface area contributed by atoms with Crippen LogP contribution in [0.1, 0.15) is 40.0 Å². The molecule has 9 N–H and O–H groups in total. The van der Waals surface area contributed by atoms with Crippen molar-refractivity contribution in [1.29, 1.82) is 0 Å². The van der Waals surface area contributed by atoms with E-state index in [1.54, 1.807) is 13.8 Å². The molecular weight excluding hydrogens is 464 g/mol. The summed E-state index contributed by atoms with van der Waals surface area (Å²) in [5.74, 6) is -6.18. The van der Waals surface area contributed by atoms with Crippen LogP contribution in [0.15, 0.2) is 16.8 Å². The number of carbonyl (C=O) groups is 3. The Hall–Kier alpha value is -2.74. The van der Waals surface area contributed by atoms with Gasteiger partial charge in [-0.2, -0.15) is 0 Å². The lowest BCUT2D eigenvalue weighted by molar-refractivity contribution is -0.199. The van der Waals surface area contributed by atoms with E-state index in [0.717, 1.165) is 0 Å². The molecule has 6 atom stereocenters. The molecule has 0 radical (unpaired) electrons. The normalized spacial score (nSPS) is 25.4. The molecule has 0 unspecified atom stereocenters. The zero-order valence-electron chi connectivity index (χ0n) is 20.1. The topological polar surface area (TPSA) is 230 Å². The summed E-state index contributed by atoms with van der Waals surface area (Å²) in [7, 11) is 0. The molecule has 1 heterocycles. The molecule has 1 fully saturated rings. The molecule has 0 aromatic heterocycles. The lowest BCUT2D eigenvalue weighted by Crippen LogP contribution is -2.49. The average Bonchev–Trinajstić information content (AvgIpc) is 3.52. The van der Waals surface area contributed by atoms with Crippen LogP contribution in [0.2, 0.25) is 0 Å². The van der Waals surface area contributed by atoms with Crippen LogP contribution in [0.5, 0.6) is 0 Å². The second-order valence-corrected chi connectivity index (χ2v) is 9.32. The van der Waals surface area contributed by atoms with Crippen molar-refractivity contribution < 1.29 is 43.9 Å². The summed E-state index contributed by atoms with van der Waals surface area (Å²) in [6.07, 6.45) is -0.878. The van der Waals surface area contributed by atoms with E-state index in [1.165, 1.54) is 13.0 Å². The van der Waals surface area contributed by atoms with E-state index in [2.05, 4.69) is 4.99 Å². The van der Waals surface area contributed by atoms with Gasteiger partial charge in [0.1, 0.15) is 17.9 Å². The number of rotatable bonds is 12. The first-order chi connectivity index (χ1) is 16.3. The minimum absolute atomic E-state index is 0.103. The van der Waals surface area contributed by atoms with Crippen LogP contribution in [0.4, 0.5) is 0 Å².